The number of ether oxygens (including phenoxy) is 1. The van der Waals surface area contributed by atoms with Crippen LogP contribution >= 0.6 is 0 Å². The molecule has 0 amide bonds. The molecule has 0 spiro atoms. The highest BCUT2D eigenvalue weighted by molar-refractivity contribution is 5.53. The topological polar surface area (TPSA) is 52.9 Å². The normalized spacial score (nSPS) is 12.0. The molecule has 0 aliphatic carbocycles. The second kappa shape index (κ2) is 6.50. The number of hydrogen-bond acceptors (Lipinski definition) is 4. The molecule has 112 valence electrons. The third-order valence-electron chi connectivity index (χ3n) is 3.48. The number of phenolic OH excluding ortho intramolecular Hbond substituents is 1. The fraction of sp³-hybridized carbons (Fsp3) is 0.294. The molecule has 0 radical (unpaired) electrons. The number of nitrogens with zero attached hydrogens (tertiary/aromatic N) is 1. The van der Waals surface area contributed by atoms with E-state index in [1.807, 2.05) is 42.3 Å². The van der Waals surface area contributed by atoms with Gasteiger partial charge in [0, 0.05) is 30.9 Å². The number of anilines is 1. The maximum atomic E-state index is 9.94. The lowest BCUT2D eigenvalue weighted by atomic mass is 10.1. The van der Waals surface area contributed by atoms with Crippen molar-refractivity contribution < 1.29 is 14.9 Å². The smallest absolute Gasteiger partial charge is 0.123 e. The van der Waals surface area contributed by atoms with Gasteiger partial charge < -0.3 is 19.8 Å². The van der Waals surface area contributed by atoms with E-state index in [-0.39, 0.29) is 5.75 Å². The molecule has 0 saturated heterocycles. The Morgan fingerprint density at radius 1 is 1.14 bits per heavy atom. The second-order valence-corrected chi connectivity index (χ2v) is 5.12. The van der Waals surface area contributed by atoms with Crippen molar-refractivity contribution in [2.75, 3.05) is 19.1 Å². The lowest BCUT2D eigenvalue weighted by Gasteiger charge is -2.21. The van der Waals surface area contributed by atoms with Crippen LogP contribution in [0.3, 0.4) is 0 Å². The van der Waals surface area contributed by atoms with Crippen molar-refractivity contribution in [2.24, 2.45) is 0 Å². The van der Waals surface area contributed by atoms with Gasteiger partial charge >= 0.3 is 0 Å². The molecule has 1 atom stereocenters. The van der Waals surface area contributed by atoms with Crippen molar-refractivity contribution >= 4 is 5.69 Å². The Bertz CT molecular complexity index is 593. The number of aliphatic hydroxyl groups is 1. The summed E-state index contributed by atoms with van der Waals surface area (Å²) in [5.41, 5.74) is 2.58. The summed E-state index contributed by atoms with van der Waals surface area (Å²) in [4.78, 5) is 2.04. The first kappa shape index (κ1) is 15.2. The van der Waals surface area contributed by atoms with Crippen molar-refractivity contribution in [3.63, 3.8) is 0 Å². The fourth-order valence-corrected chi connectivity index (χ4v) is 2.22. The SMILES string of the molecule is COc1ccc(CN(C)c2ccc(C(C)O)c(O)c2)cc1. The van der Waals surface area contributed by atoms with Crippen molar-refractivity contribution in [1.82, 2.24) is 0 Å². The highest BCUT2D eigenvalue weighted by Crippen LogP contribution is 2.29. The quantitative estimate of drug-likeness (QED) is 0.887. The number of rotatable bonds is 5. The Morgan fingerprint density at radius 3 is 2.33 bits per heavy atom. The Hall–Kier alpha value is -2.20. The van der Waals surface area contributed by atoms with Crippen LogP contribution in [0.2, 0.25) is 0 Å². The van der Waals surface area contributed by atoms with Crippen LogP contribution in [0, 0.1) is 0 Å². The van der Waals surface area contributed by atoms with Crippen LogP contribution in [-0.4, -0.2) is 24.4 Å². The zero-order valence-corrected chi connectivity index (χ0v) is 12.6. The first-order chi connectivity index (χ1) is 10.0. The Morgan fingerprint density at radius 2 is 1.81 bits per heavy atom. The molecular weight excluding hydrogens is 266 g/mol. The molecule has 0 aliphatic heterocycles. The molecule has 2 aromatic carbocycles. The van der Waals surface area contributed by atoms with E-state index in [1.165, 1.54) is 0 Å². The molecule has 4 heteroatoms. The molecule has 2 rings (SSSR count). The van der Waals surface area contributed by atoms with Gasteiger partial charge in [0.15, 0.2) is 0 Å². The van der Waals surface area contributed by atoms with Crippen LogP contribution in [-0.2, 0) is 6.54 Å². The lowest BCUT2D eigenvalue weighted by molar-refractivity contribution is 0.195. The van der Waals surface area contributed by atoms with Crippen LogP contribution in [0.25, 0.3) is 0 Å². The van der Waals surface area contributed by atoms with Crippen LogP contribution in [0.5, 0.6) is 11.5 Å². The van der Waals surface area contributed by atoms with E-state index in [9.17, 15) is 10.2 Å². The largest absolute Gasteiger partial charge is 0.507 e. The molecule has 2 aromatic rings. The van der Waals surface area contributed by atoms with Gasteiger partial charge in [-0.2, -0.15) is 0 Å². The predicted molar refractivity (Wildman–Crippen MR) is 83.8 cm³/mol. The molecule has 2 N–H and O–H groups in total. The molecule has 0 saturated carbocycles. The second-order valence-electron chi connectivity index (χ2n) is 5.12. The van der Waals surface area contributed by atoms with Gasteiger partial charge in [-0.3, -0.25) is 0 Å². The third kappa shape index (κ3) is 3.67. The van der Waals surface area contributed by atoms with Gasteiger partial charge in [0.25, 0.3) is 0 Å². The number of benzene rings is 2. The Labute approximate surface area is 125 Å². The van der Waals surface area contributed by atoms with Gasteiger partial charge in [-0.05, 0) is 30.7 Å². The molecule has 0 heterocycles. The van der Waals surface area contributed by atoms with Gasteiger partial charge in [0.05, 0.1) is 13.2 Å². The van der Waals surface area contributed by atoms with Crippen molar-refractivity contribution in [1.29, 1.82) is 0 Å². The number of phenols is 1. The first-order valence-electron chi connectivity index (χ1n) is 6.86. The number of hydrogen-bond donors (Lipinski definition) is 2. The van der Waals surface area contributed by atoms with Crippen LogP contribution in [0.4, 0.5) is 5.69 Å². The molecule has 1 unspecified atom stereocenters. The highest BCUT2D eigenvalue weighted by Gasteiger charge is 2.10. The average molecular weight is 287 g/mol. The van der Waals surface area contributed by atoms with Crippen molar-refractivity contribution in [3.05, 3.63) is 53.6 Å². The Balaban J connectivity index is 2.12. The van der Waals surface area contributed by atoms with Gasteiger partial charge in [0.2, 0.25) is 0 Å². The van der Waals surface area contributed by atoms with E-state index in [1.54, 1.807) is 26.2 Å². The summed E-state index contributed by atoms with van der Waals surface area (Å²) < 4.78 is 5.14. The fourth-order valence-electron chi connectivity index (χ4n) is 2.22. The van der Waals surface area contributed by atoms with Crippen molar-refractivity contribution in [2.45, 2.75) is 19.6 Å². The van der Waals surface area contributed by atoms with Crippen LogP contribution < -0.4 is 9.64 Å². The van der Waals surface area contributed by atoms with Crippen LogP contribution in [0.15, 0.2) is 42.5 Å². The van der Waals surface area contributed by atoms with Gasteiger partial charge in [0.1, 0.15) is 11.5 Å². The van der Waals surface area contributed by atoms with Gasteiger partial charge in [-0.1, -0.05) is 18.2 Å². The maximum absolute atomic E-state index is 9.94. The minimum absolute atomic E-state index is 0.115. The summed E-state index contributed by atoms with van der Waals surface area (Å²) in [7, 11) is 3.61. The lowest BCUT2D eigenvalue weighted by Crippen LogP contribution is -2.16. The monoisotopic (exact) mass is 287 g/mol. The number of methoxy groups -OCH3 is 1. The summed E-state index contributed by atoms with van der Waals surface area (Å²) >= 11 is 0. The van der Waals surface area contributed by atoms with Gasteiger partial charge in [-0.15, -0.1) is 0 Å². The Kier molecular flexibility index (Phi) is 4.70. The van der Waals surface area contributed by atoms with Gasteiger partial charge in [-0.25, -0.2) is 0 Å². The van der Waals surface area contributed by atoms with E-state index < -0.39 is 6.10 Å². The standard InChI is InChI=1S/C17H21NO3/c1-12(19)16-9-6-14(10-17(16)20)18(2)11-13-4-7-15(21-3)8-5-13/h4-10,12,19-20H,11H2,1-3H3. The van der Waals surface area contributed by atoms with E-state index in [0.717, 1.165) is 23.5 Å². The van der Waals surface area contributed by atoms with Crippen molar-refractivity contribution in [3.8, 4) is 11.5 Å². The third-order valence-corrected chi connectivity index (χ3v) is 3.48. The molecule has 0 bridgehead atoms. The minimum atomic E-state index is -0.675. The minimum Gasteiger partial charge on any atom is -0.507 e. The molecule has 4 nitrogen and oxygen atoms in total. The zero-order chi connectivity index (χ0) is 15.4. The average Bonchev–Trinajstić information content (AvgIpc) is 2.47. The first-order valence-corrected chi connectivity index (χ1v) is 6.86. The summed E-state index contributed by atoms with van der Waals surface area (Å²) in [5, 5.41) is 19.5. The van der Waals surface area contributed by atoms with Crippen LogP contribution in [0.1, 0.15) is 24.2 Å². The number of aromatic hydroxyl groups is 1. The zero-order valence-electron chi connectivity index (χ0n) is 12.6. The summed E-state index contributed by atoms with van der Waals surface area (Å²) in [6.45, 7) is 2.35. The van der Waals surface area contributed by atoms with E-state index in [2.05, 4.69) is 0 Å². The van der Waals surface area contributed by atoms with E-state index in [4.69, 9.17) is 4.74 Å². The highest BCUT2D eigenvalue weighted by atomic mass is 16.5. The molecule has 0 fully saturated rings. The summed E-state index contributed by atoms with van der Waals surface area (Å²) in [6, 6.07) is 13.2. The molecule has 21 heavy (non-hydrogen) atoms. The van der Waals surface area contributed by atoms with E-state index in [0.29, 0.717) is 5.56 Å². The molecular formula is C17H21NO3. The molecule has 0 aromatic heterocycles. The number of aliphatic hydroxyl groups excluding tert-OH is 1. The predicted octanol–water partition coefficient (Wildman–Crippen LogP) is 3.09. The maximum Gasteiger partial charge on any atom is 0.123 e. The van der Waals surface area contributed by atoms with E-state index >= 15 is 0 Å². The summed E-state index contributed by atoms with van der Waals surface area (Å²) in [5.74, 6) is 0.949. The summed E-state index contributed by atoms with van der Waals surface area (Å²) in [6.07, 6.45) is -0.675. The molecule has 0 aliphatic rings.